The molecule has 1 atom stereocenters. The van der Waals surface area contributed by atoms with Gasteiger partial charge >= 0.3 is 60.8 Å². The van der Waals surface area contributed by atoms with E-state index in [-0.39, 0.29) is 82.5 Å². The summed E-state index contributed by atoms with van der Waals surface area (Å²) in [6.45, 7) is 0. The summed E-state index contributed by atoms with van der Waals surface area (Å²) in [5.41, 5.74) is 0. The summed E-state index contributed by atoms with van der Waals surface area (Å²) >= 11 is 0. The van der Waals surface area contributed by atoms with Crippen molar-refractivity contribution in [3.8, 4) is 0 Å². The zero-order chi connectivity index (χ0) is 0. The Balaban J connectivity index is 0. The third-order valence-corrected chi connectivity index (χ3v) is 0. The average molecular weight is 119 g/mol. The van der Waals surface area contributed by atoms with Crippen molar-refractivity contribution < 1.29 is 5.71 Å². The summed E-state index contributed by atoms with van der Waals surface area (Å²) in [5.74, 6) is 0. The van der Waals surface area contributed by atoms with Crippen molar-refractivity contribution in [1.29, 1.82) is 0 Å². The van der Waals surface area contributed by atoms with Gasteiger partial charge < -0.3 is 11.9 Å². The number of rotatable bonds is 0. The molecule has 0 saturated carbocycles. The minimum atomic E-state index is 0. The Bertz CT molecular complexity index is 16.0. The van der Waals surface area contributed by atoms with E-state index in [0.717, 1.165) is 0 Å². The van der Waals surface area contributed by atoms with Crippen LogP contribution in [0.3, 0.4) is 0 Å². The van der Waals surface area contributed by atoms with Crippen LogP contribution in [0.15, 0.2) is 0 Å². The largest absolute Gasteiger partial charge is 2.00 e. The van der Waals surface area contributed by atoms with E-state index < -0.39 is 0 Å². The molecule has 0 fully saturated rings. The minimum absolute atomic E-state index is 0. The zero-order valence-corrected chi connectivity index (χ0v) is 7.87. The van der Waals surface area contributed by atoms with E-state index in [0.29, 0.717) is 0 Å². The van der Waals surface area contributed by atoms with Gasteiger partial charge in [-0.25, -0.2) is 0 Å². The third kappa shape index (κ3) is 8.83. The molecule has 24 valence electrons. The van der Waals surface area contributed by atoms with Gasteiger partial charge in [-0.15, -0.1) is 0 Å². The monoisotopic (exact) mass is 119 g/mol. The SMILES string of the molecule is N.P.[Ca+2].[H-].[H-].[H-].[H-].[Mg+2]. The Morgan fingerprint density at radius 3 is 1.25 bits per heavy atom. The Morgan fingerprint density at radius 2 is 1.25 bits per heavy atom. The molecule has 0 saturated heterocycles. The third-order valence-electron chi connectivity index (χ3n) is 0. The molecule has 0 aromatic heterocycles. The Hall–Kier alpha value is 2.42. The molecule has 0 spiro atoms. The van der Waals surface area contributed by atoms with Crippen molar-refractivity contribution in [2.45, 2.75) is 0 Å². The maximum Gasteiger partial charge on any atom is 2.00 e. The molecule has 0 radical (unpaired) electrons. The first kappa shape index (κ1) is 32.2. The number of hydrogen-bond donors (Lipinski definition) is 1. The molecule has 0 amide bonds. The molecule has 3 N–H and O–H groups in total. The van der Waals surface area contributed by atoms with Gasteiger partial charge in [0.05, 0.1) is 0 Å². The van der Waals surface area contributed by atoms with Gasteiger partial charge in [-0.3, -0.25) is 0 Å². The Labute approximate surface area is 81.6 Å². The summed E-state index contributed by atoms with van der Waals surface area (Å²) in [4.78, 5) is 0. The van der Waals surface area contributed by atoms with E-state index >= 15 is 0 Å². The first-order valence-corrected chi connectivity index (χ1v) is 0. The molecule has 0 aliphatic carbocycles. The molecule has 0 rings (SSSR count). The Kier molecular flexibility index (Phi) is 146. The second-order valence-corrected chi connectivity index (χ2v) is 0. The fourth-order valence-electron chi connectivity index (χ4n) is 0. The summed E-state index contributed by atoms with van der Waals surface area (Å²) in [6.07, 6.45) is 0. The average Bonchev–Trinajstić information content (AvgIpc) is 0. The van der Waals surface area contributed by atoms with Crippen molar-refractivity contribution in [3.05, 3.63) is 0 Å². The molecule has 0 aromatic rings. The predicted octanol–water partition coefficient (Wildman–Crippen LogP) is -0.0915. The Morgan fingerprint density at radius 1 is 1.25 bits per heavy atom. The van der Waals surface area contributed by atoms with Gasteiger partial charge in [-0.05, 0) is 0 Å². The second-order valence-electron chi connectivity index (χ2n) is 0. The molecule has 4 heavy (non-hydrogen) atoms. The van der Waals surface area contributed by atoms with E-state index in [9.17, 15) is 0 Å². The number of hydrogen-bond acceptors (Lipinski definition) is 1. The van der Waals surface area contributed by atoms with Crippen molar-refractivity contribution in [1.82, 2.24) is 6.15 Å². The van der Waals surface area contributed by atoms with Crippen molar-refractivity contribution in [2.24, 2.45) is 0 Å². The van der Waals surface area contributed by atoms with Gasteiger partial charge in [-0.2, -0.15) is 9.90 Å². The molecule has 4 heteroatoms. The van der Waals surface area contributed by atoms with Crippen molar-refractivity contribution >= 4 is 70.7 Å². The van der Waals surface area contributed by atoms with Gasteiger partial charge in [0.25, 0.3) is 0 Å². The van der Waals surface area contributed by atoms with Crippen LogP contribution in [0.5, 0.6) is 0 Å². The fraction of sp³-hybridized carbons (Fsp3) is 0. The van der Waals surface area contributed by atoms with Crippen LogP contribution < -0.4 is 6.15 Å². The van der Waals surface area contributed by atoms with Gasteiger partial charge in [0.2, 0.25) is 0 Å². The summed E-state index contributed by atoms with van der Waals surface area (Å²) < 4.78 is 0. The first-order chi connectivity index (χ1) is 0. The molecule has 1 nitrogen and oxygen atoms in total. The van der Waals surface area contributed by atoms with E-state index in [1.165, 1.54) is 0 Å². The van der Waals surface area contributed by atoms with Crippen molar-refractivity contribution in [3.63, 3.8) is 0 Å². The maximum absolute atomic E-state index is 0. The smallest absolute Gasteiger partial charge is 1.00 e. The molecule has 1 unspecified atom stereocenters. The van der Waals surface area contributed by atoms with Gasteiger partial charge in [0.15, 0.2) is 0 Å². The first-order valence-electron chi connectivity index (χ1n) is 0. The van der Waals surface area contributed by atoms with Crippen LogP contribution in [0.2, 0.25) is 0 Å². The maximum atomic E-state index is 0. The van der Waals surface area contributed by atoms with Crippen LogP contribution in [0.4, 0.5) is 0 Å². The normalized spacial score (nSPS) is 0. The topological polar surface area (TPSA) is 35.0 Å². The van der Waals surface area contributed by atoms with Gasteiger partial charge in [0.1, 0.15) is 0 Å². The van der Waals surface area contributed by atoms with Gasteiger partial charge in [-0.1, -0.05) is 0 Å². The van der Waals surface area contributed by atoms with Crippen molar-refractivity contribution in [2.75, 3.05) is 0 Å². The van der Waals surface area contributed by atoms with Crippen LogP contribution in [0.25, 0.3) is 0 Å². The quantitative estimate of drug-likeness (QED) is 0.351. The van der Waals surface area contributed by atoms with E-state index in [2.05, 4.69) is 0 Å². The van der Waals surface area contributed by atoms with E-state index in [1.807, 2.05) is 0 Å². The molecule has 0 heterocycles. The summed E-state index contributed by atoms with van der Waals surface area (Å²) in [7, 11) is 0. The van der Waals surface area contributed by atoms with E-state index in [1.54, 1.807) is 0 Å². The van der Waals surface area contributed by atoms with Crippen LogP contribution in [-0.4, -0.2) is 60.8 Å². The van der Waals surface area contributed by atoms with E-state index in [4.69, 9.17) is 0 Å². The summed E-state index contributed by atoms with van der Waals surface area (Å²) in [5, 5.41) is 0. The molecule has 0 bridgehead atoms. The molecule has 0 aliphatic rings. The van der Waals surface area contributed by atoms with Crippen LogP contribution in [-0.2, 0) is 0 Å². The van der Waals surface area contributed by atoms with Crippen LogP contribution in [0.1, 0.15) is 5.71 Å². The molecular formula is H10CaMgNP. The minimum Gasteiger partial charge on any atom is -1.00 e. The molecular weight excluding hydrogens is 109 g/mol. The standard InChI is InChI=1S/Ca.Mg.H3N.H3P.4H/h;;2*1H3;;;;/q2*+2;;;4*-1. The zero-order valence-electron chi connectivity index (χ0n) is 6.83. The fourth-order valence-corrected chi connectivity index (χ4v) is 0. The van der Waals surface area contributed by atoms with Crippen LogP contribution in [0, 0.1) is 0 Å². The van der Waals surface area contributed by atoms with Gasteiger partial charge in [0, 0.05) is 0 Å². The molecule has 0 aromatic carbocycles. The second kappa shape index (κ2) is 18.1. The summed E-state index contributed by atoms with van der Waals surface area (Å²) in [6, 6.07) is 0. The predicted molar refractivity (Wildman–Crippen MR) is 32.1 cm³/mol. The molecule has 0 aliphatic heterocycles. The van der Waals surface area contributed by atoms with Crippen LogP contribution >= 0.6 is 9.90 Å².